The van der Waals surface area contributed by atoms with Crippen molar-refractivity contribution in [1.29, 1.82) is 0 Å². The number of aromatic nitrogens is 3. The van der Waals surface area contributed by atoms with E-state index in [9.17, 15) is 0 Å². The summed E-state index contributed by atoms with van der Waals surface area (Å²) >= 11 is 1.74. The fourth-order valence-corrected chi connectivity index (χ4v) is 4.58. The van der Waals surface area contributed by atoms with E-state index in [1.807, 2.05) is 10.7 Å². The van der Waals surface area contributed by atoms with Crippen molar-refractivity contribution in [3.63, 3.8) is 0 Å². The normalized spacial score (nSPS) is 14.0. The van der Waals surface area contributed by atoms with Gasteiger partial charge in [0.25, 0.3) is 0 Å². The summed E-state index contributed by atoms with van der Waals surface area (Å²) in [5, 5.41) is 9.05. The second-order valence-corrected chi connectivity index (χ2v) is 9.09. The molecule has 1 aromatic carbocycles. The number of anilines is 1. The molecule has 0 saturated heterocycles. The third-order valence-electron chi connectivity index (χ3n) is 5.24. The predicted octanol–water partition coefficient (Wildman–Crippen LogP) is 4.87. The predicted molar refractivity (Wildman–Crippen MR) is 132 cm³/mol. The van der Waals surface area contributed by atoms with Gasteiger partial charge in [0.2, 0.25) is 0 Å². The molecule has 1 aliphatic carbocycles. The van der Waals surface area contributed by atoms with Crippen LogP contribution in [0.5, 0.6) is 0 Å². The van der Waals surface area contributed by atoms with E-state index in [-0.39, 0.29) is 0 Å². The number of benzene rings is 1. The molecule has 1 unspecified atom stereocenters. The van der Waals surface area contributed by atoms with Crippen molar-refractivity contribution in [3.05, 3.63) is 64.7 Å². The van der Waals surface area contributed by atoms with Crippen LogP contribution in [0.1, 0.15) is 31.7 Å². The molecule has 0 spiro atoms. The Labute approximate surface area is 184 Å². The lowest BCUT2D eigenvalue weighted by molar-refractivity contribution is 0.821. The first kappa shape index (κ1) is 21.1. The van der Waals surface area contributed by atoms with Crippen molar-refractivity contribution in [2.75, 3.05) is 18.4 Å². The van der Waals surface area contributed by atoms with Gasteiger partial charge in [-0.15, -0.1) is 0 Å². The summed E-state index contributed by atoms with van der Waals surface area (Å²) in [5.74, 6) is 0.966. The van der Waals surface area contributed by atoms with Gasteiger partial charge in [-0.25, -0.2) is 4.98 Å². The number of hydrogen-bond donors (Lipinski definition) is 2. The van der Waals surface area contributed by atoms with E-state index >= 15 is 0 Å². The minimum absolute atomic E-state index is 0.861. The Morgan fingerprint density at radius 3 is 2.90 bits per heavy atom. The highest BCUT2D eigenvalue weighted by atomic mass is 32.2. The number of nitrogens with one attached hydrogen (secondary N) is 2. The van der Waals surface area contributed by atoms with Gasteiger partial charge in [0.15, 0.2) is 5.65 Å². The zero-order chi connectivity index (χ0) is 20.9. The third-order valence-corrected chi connectivity index (χ3v) is 6.70. The van der Waals surface area contributed by atoms with Crippen LogP contribution in [0.15, 0.2) is 59.2 Å². The third kappa shape index (κ3) is 4.77. The van der Waals surface area contributed by atoms with Crippen LogP contribution in [0.2, 0.25) is 0 Å². The minimum Gasteiger partial charge on any atom is -0.370 e. The summed E-state index contributed by atoms with van der Waals surface area (Å²) in [6.45, 7) is 6.14. The number of hydrogen-bond acceptors (Lipinski definition) is 5. The lowest BCUT2D eigenvalue weighted by Gasteiger charge is -2.13. The lowest BCUT2D eigenvalue weighted by atomic mass is 10.1. The molecule has 1 aliphatic rings. The van der Waals surface area contributed by atoms with Crippen LogP contribution in [0, 0.1) is 6.92 Å². The molecule has 7 heteroatoms. The van der Waals surface area contributed by atoms with Gasteiger partial charge in [-0.1, -0.05) is 51.2 Å². The molecule has 2 aromatic heterocycles. The summed E-state index contributed by atoms with van der Waals surface area (Å²) < 4.78 is 5.37. The number of nitrogens with zero attached hydrogens (tertiary/aromatic N) is 3. The van der Waals surface area contributed by atoms with E-state index in [1.165, 1.54) is 22.5 Å². The van der Waals surface area contributed by atoms with E-state index in [4.69, 9.17) is 4.98 Å². The van der Waals surface area contributed by atoms with Crippen LogP contribution >= 0.6 is 21.2 Å². The molecule has 0 saturated carbocycles. The molecule has 4 rings (SSSR count). The van der Waals surface area contributed by atoms with E-state index in [1.54, 1.807) is 11.9 Å². The summed E-state index contributed by atoms with van der Waals surface area (Å²) in [6.07, 6.45) is 9.67. The average molecular weight is 438 g/mol. The molecule has 0 aliphatic heterocycles. The summed E-state index contributed by atoms with van der Waals surface area (Å²) in [5.41, 5.74) is 5.67. The lowest BCUT2D eigenvalue weighted by Crippen LogP contribution is -2.14. The molecule has 156 valence electrons. The Kier molecular flexibility index (Phi) is 6.88. The molecule has 0 amide bonds. The zero-order valence-corrected chi connectivity index (χ0v) is 19.5. The van der Waals surface area contributed by atoms with Crippen LogP contribution in [0.25, 0.3) is 16.9 Å². The van der Waals surface area contributed by atoms with Gasteiger partial charge in [-0.2, -0.15) is 9.61 Å². The molecule has 3 aromatic rings. The monoisotopic (exact) mass is 437 g/mol. The van der Waals surface area contributed by atoms with Crippen molar-refractivity contribution in [2.24, 2.45) is 0 Å². The maximum absolute atomic E-state index is 4.86. The SMILES string of the molecule is CC1=C(SNCCCNc2cc(-c3ccccc3C)nc3c(P)cnn23)C=CCC1. The molecular weight excluding hydrogens is 409 g/mol. The standard InChI is InChI=1S/C23H28N5PS/c1-16-8-3-5-10-18(16)19-14-22(28-23(27-19)20(29)15-25-28)24-12-7-13-26-30-21-11-6-4-9-17(21)2/h3,5-6,8,10-11,14-15,24,26H,4,7,9,12-13,29H2,1-2H3. The summed E-state index contributed by atoms with van der Waals surface area (Å²) in [6, 6.07) is 10.4. The van der Waals surface area contributed by atoms with Crippen LogP contribution < -0.4 is 15.3 Å². The second-order valence-electron chi connectivity index (χ2n) is 7.54. The largest absolute Gasteiger partial charge is 0.370 e. The minimum atomic E-state index is 0.861. The topological polar surface area (TPSA) is 54.2 Å². The second kappa shape index (κ2) is 9.78. The molecule has 30 heavy (non-hydrogen) atoms. The van der Waals surface area contributed by atoms with Crippen molar-refractivity contribution in [3.8, 4) is 11.3 Å². The van der Waals surface area contributed by atoms with Gasteiger partial charge in [-0.3, -0.25) is 4.72 Å². The Balaban J connectivity index is 1.41. The Morgan fingerprint density at radius 2 is 2.07 bits per heavy atom. The first-order valence-corrected chi connectivity index (χ1v) is 11.7. The van der Waals surface area contributed by atoms with Crippen molar-refractivity contribution in [2.45, 2.75) is 33.1 Å². The molecular formula is C23H28N5PS. The number of rotatable bonds is 8. The molecule has 0 radical (unpaired) electrons. The number of aryl methyl sites for hydroxylation is 1. The summed E-state index contributed by atoms with van der Waals surface area (Å²) in [7, 11) is 2.73. The first-order chi connectivity index (χ1) is 14.6. The molecule has 2 N–H and O–H groups in total. The fraction of sp³-hybridized carbons (Fsp3) is 0.304. The Morgan fingerprint density at radius 1 is 1.20 bits per heavy atom. The number of allylic oxidation sites excluding steroid dienone is 3. The quantitative estimate of drug-likeness (QED) is 0.299. The van der Waals surface area contributed by atoms with Crippen molar-refractivity contribution < 1.29 is 0 Å². The van der Waals surface area contributed by atoms with Crippen LogP contribution in [-0.4, -0.2) is 27.7 Å². The maximum atomic E-state index is 4.86. The van der Waals surface area contributed by atoms with Gasteiger partial charge in [0.05, 0.1) is 11.9 Å². The van der Waals surface area contributed by atoms with Crippen molar-refractivity contribution >= 4 is 38.0 Å². The van der Waals surface area contributed by atoms with Gasteiger partial charge in [0, 0.05) is 34.9 Å². The van der Waals surface area contributed by atoms with E-state index in [0.717, 1.165) is 54.0 Å². The first-order valence-electron chi connectivity index (χ1n) is 10.3. The van der Waals surface area contributed by atoms with Gasteiger partial charge in [0.1, 0.15) is 5.82 Å². The number of fused-ring (bicyclic) bond motifs is 1. The van der Waals surface area contributed by atoms with Crippen molar-refractivity contribution in [1.82, 2.24) is 19.3 Å². The van der Waals surface area contributed by atoms with Gasteiger partial charge >= 0.3 is 0 Å². The maximum Gasteiger partial charge on any atom is 0.165 e. The van der Waals surface area contributed by atoms with E-state index in [2.05, 4.69) is 80.7 Å². The Hall–Kier alpha value is -2.14. The van der Waals surface area contributed by atoms with Gasteiger partial charge in [-0.05, 0) is 50.6 Å². The summed E-state index contributed by atoms with van der Waals surface area (Å²) in [4.78, 5) is 6.21. The molecule has 2 heterocycles. The molecule has 0 bridgehead atoms. The van der Waals surface area contributed by atoms with Crippen LogP contribution in [0.3, 0.4) is 0 Å². The highest BCUT2D eigenvalue weighted by Crippen LogP contribution is 2.26. The highest BCUT2D eigenvalue weighted by molar-refractivity contribution is 8.01. The highest BCUT2D eigenvalue weighted by Gasteiger charge is 2.12. The van der Waals surface area contributed by atoms with E-state index in [0.29, 0.717) is 0 Å². The Bertz CT molecular complexity index is 1100. The van der Waals surface area contributed by atoms with E-state index < -0.39 is 0 Å². The molecule has 1 atom stereocenters. The average Bonchev–Trinajstić information content (AvgIpc) is 3.13. The fourth-order valence-electron chi connectivity index (χ4n) is 3.49. The molecule has 5 nitrogen and oxygen atoms in total. The van der Waals surface area contributed by atoms with Crippen LogP contribution in [-0.2, 0) is 0 Å². The van der Waals surface area contributed by atoms with Crippen LogP contribution in [0.4, 0.5) is 5.82 Å². The molecule has 0 fully saturated rings. The smallest absolute Gasteiger partial charge is 0.165 e. The van der Waals surface area contributed by atoms with Gasteiger partial charge < -0.3 is 5.32 Å². The zero-order valence-electron chi connectivity index (χ0n) is 17.5.